The lowest BCUT2D eigenvalue weighted by atomic mass is 10.0. The minimum atomic E-state index is -0.781. The maximum Gasteiger partial charge on any atom is 0.306 e. The predicted octanol–water partition coefficient (Wildman–Crippen LogP) is 24.2. The molecule has 0 spiro atoms. The van der Waals surface area contributed by atoms with Crippen molar-refractivity contribution < 1.29 is 28.6 Å². The molecule has 0 heterocycles. The summed E-state index contributed by atoms with van der Waals surface area (Å²) in [6.07, 6.45) is 91.8. The van der Waals surface area contributed by atoms with Gasteiger partial charge >= 0.3 is 17.9 Å². The molecule has 0 aliphatic heterocycles. The number of carbonyl (C=O) groups is 3. The topological polar surface area (TPSA) is 78.9 Å². The molecule has 81 heavy (non-hydrogen) atoms. The van der Waals surface area contributed by atoms with Gasteiger partial charge in [0, 0.05) is 19.3 Å². The maximum atomic E-state index is 12.9. The average Bonchev–Trinajstić information content (AvgIpc) is 3.46. The summed E-state index contributed by atoms with van der Waals surface area (Å²) in [7, 11) is 0. The molecule has 0 aliphatic carbocycles. The number of ether oxygens (including phenoxy) is 3. The summed E-state index contributed by atoms with van der Waals surface area (Å²) in [5.74, 6) is -0.866. The Morgan fingerprint density at radius 3 is 0.753 bits per heavy atom. The van der Waals surface area contributed by atoms with Crippen LogP contribution in [0.3, 0.4) is 0 Å². The molecule has 0 aromatic rings. The highest BCUT2D eigenvalue weighted by Gasteiger charge is 2.19. The van der Waals surface area contributed by atoms with Crippen molar-refractivity contribution >= 4 is 17.9 Å². The van der Waals surface area contributed by atoms with Crippen molar-refractivity contribution in [1.29, 1.82) is 0 Å². The van der Waals surface area contributed by atoms with Crippen molar-refractivity contribution in [2.45, 2.75) is 361 Å². The Bertz CT molecular complexity index is 1530. The van der Waals surface area contributed by atoms with Crippen LogP contribution in [0.5, 0.6) is 0 Å². The van der Waals surface area contributed by atoms with Crippen LogP contribution in [0.4, 0.5) is 0 Å². The maximum absolute atomic E-state index is 12.9. The lowest BCUT2D eigenvalue weighted by Crippen LogP contribution is -2.30. The summed E-state index contributed by atoms with van der Waals surface area (Å²) in [6, 6.07) is 0. The fourth-order valence-corrected chi connectivity index (χ4v) is 10.2. The summed E-state index contributed by atoms with van der Waals surface area (Å²) in [4.78, 5) is 38.4. The van der Waals surface area contributed by atoms with Gasteiger partial charge in [0.1, 0.15) is 13.2 Å². The van der Waals surface area contributed by atoms with E-state index in [2.05, 4.69) is 106 Å². The first kappa shape index (κ1) is 77.6. The number of carbonyl (C=O) groups excluding carboxylic acids is 3. The van der Waals surface area contributed by atoms with E-state index in [0.29, 0.717) is 19.3 Å². The zero-order chi connectivity index (χ0) is 58.5. The molecule has 1 unspecified atom stereocenters. The van der Waals surface area contributed by atoms with Gasteiger partial charge in [0.05, 0.1) is 0 Å². The first-order chi connectivity index (χ1) is 40.0. The molecule has 6 heteroatoms. The molecule has 1 atom stereocenters. The zero-order valence-electron chi connectivity index (χ0n) is 53.8. The molecule has 0 radical (unpaired) electrons. The van der Waals surface area contributed by atoms with E-state index in [9.17, 15) is 14.4 Å². The molecule has 0 aliphatic rings. The van der Waals surface area contributed by atoms with Gasteiger partial charge in [0.2, 0.25) is 0 Å². The van der Waals surface area contributed by atoms with E-state index in [1.807, 2.05) is 0 Å². The van der Waals surface area contributed by atoms with Crippen LogP contribution in [0.25, 0.3) is 0 Å². The fourth-order valence-electron chi connectivity index (χ4n) is 10.2. The third-order valence-electron chi connectivity index (χ3n) is 15.4. The van der Waals surface area contributed by atoms with E-state index in [1.54, 1.807) is 0 Å². The third-order valence-corrected chi connectivity index (χ3v) is 15.4. The second-order valence-electron chi connectivity index (χ2n) is 23.4. The molecule has 0 bridgehead atoms. The van der Waals surface area contributed by atoms with Gasteiger partial charge in [-0.25, -0.2) is 0 Å². The minimum absolute atomic E-state index is 0.0760. The Kier molecular flexibility index (Phi) is 66.2. The van der Waals surface area contributed by atoms with Gasteiger partial charge in [-0.2, -0.15) is 0 Å². The Morgan fingerprint density at radius 1 is 0.259 bits per heavy atom. The fraction of sp³-hybridized carbons (Fsp3) is 0.773. The van der Waals surface area contributed by atoms with Crippen molar-refractivity contribution in [2.24, 2.45) is 0 Å². The van der Waals surface area contributed by atoms with E-state index in [4.69, 9.17) is 14.2 Å². The SMILES string of the molecule is CC/C=C\C/C=C\C/C=C\C/C=C\CCCCCCCCCCC(=O)OC(COC(=O)CCCCCCCCCCCCCCC)COC(=O)CCCCCCCCCCCCCCCC/C=C\C/C=C\C/C=C\CCCCCCC. The molecule has 0 aromatic carbocycles. The van der Waals surface area contributed by atoms with Gasteiger partial charge in [0.25, 0.3) is 0 Å². The van der Waals surface area contributed by atoms with Crippen molar-refractivity contribution in [2.75, 3.05) is 13.2 Å². The Morgan fingerprint density at radius 2 is 0.481 bits per heavy atom. The van der Waals surface area contributed by atoms with Gasteiger partial charge in [-0.15, -0.1) is 0 Å². The Hall–Kier alpha value is -3.41. The standard InChI is InChI=1S/C75H132O6/c1-4-7-10-13-16-19-22-25-27-29-31-33-34-35-36-37-38-39-40-42-43-45-47-50-53-56-59-62-65-68-74(77)80-71-72(70-79-73(76)67-64-61-58-55-52-49-24-21-18-15-12-9-6-3)81-75(78)69-66-63-60-57-54-51-48-46-44-41-32-30-28-26-23-20-17-14-11-8-5-2/h8,11,17,20,22,25-26,28-29,31-32,34-35,41,72H,4-7,9-10,12-16,18-19,21,23-24,27,30,33,36-40,42-71H2,1-3H3/b11-8-,20-17-,25-22-,28-26-,31-29-,35-34-,41-32-. The molecular formula is C75H132O6. The quantitative estimate of drug-likeness (QED) is 0.0261. The van der Waals surface area contributed by atoms with Crippen molar-refractivity contribution in [3.63, 3.8) is 0 Å². The highest BCUT2D eigenvalue weighted by Crippen LogP contribution is 2.17. The summed E-state index contributed by atoms with van der Waals surface area (Å²) in [5, 5.41) is 0. The highest BCUT2D eigenvalue weighted by atomic mass is 16.6. The van der Waals surface area contributed by atoms with Crippen molar-refractivity contribution in [3.8, 4) is 0 Å². The second kappa shape index (κ2) is 69.1. The molecule has 0 N–H and O–H groups in total. The Balaban J connectivity index is 4.26. The number of hydrogen-bond donors (Lipinski definition) is 0. The first-order valence-corrected chi connectivity index (χ1v) is 35.1. The second-order valence-corrected chi connectivity index (χ2v) is 23.4. The summed E-state index contributed by atoms with van der Waals surface area (Å²) < 4.78 is 17.0. The predicted molar refractivity (Wildman–Crippen MR) is 353 cm³/mol. The molecular weight excluding hydrogens is 997 g/mol. The van der Waals surface area contributed by atoms with E-state index in [-0.39, 0.29) is 31.1 Å². The van der Waals surface area contributed by atoms with E-state index >= 15 is 0 Å². The monoisotopic (exact) mass is 1130 g/mol. The number of hydrogen-bond acceptors (Lipinski definition) is 6. The van der Waals surface area contributed by atoms with Gasteiger partial charge in [-0.3, -0.25) is 14.4 Å². The number of esters is 3. The molecule has 468 valence electrons. The van der Waals surface area contributed by atoms with E-state index in [1.165, 1.54) is 212 Å². The van der Waals surface area contributed by atoms with Gasteiger partial charge in [-0.1, -0.05) is 324 Å². The van der Waals surface area contributed by atoms with Gasteiger partial charge in [0.15, 0.2) is 6.10 Å². The average molecular weight is 1130 g/mol. The van der Waals surface area contributed by atoms with Crippen molar-refractivity contribution in [1.82, 2.24) is 0 Å². The van der Waals surface area contributed by atoms with Crippen LogP contribution >= 0.6 is 0 Å². The molecule has 0 fully saturated rings. The van der Waals surface area contributed by atoms with Crippen molar-refractivity contribution in [3.05, 3.63) is 85.1 Å². The van der Waals surface area contributed by atoms with Gasteiger partial charge < -0.3 is 14.2 Å². The molecule has 0 saturated carbocycles. The summed E-state index contributed by atoms with van der Waals surface area (Å²) >= 11 is 0. The minimum Gasteiger partial charge on any atom is -0.462 e. The Labute approximate surface area is 503 Å². The van der Waals surface area contributed by atoms with Crippen LogP contribution < -0.4 is 0 Å². The lowest BCUT2D eigenvalue weighted by molar-refractivity contribution is -0.167. The summed E-state index contributed by atoms with van der Waals surface area (Å²) in [6.45, 7) is 6.55. The highest BCUT2D eigenvalue weighted by molar-refractivity contribution is 5.71. The van der Waals surface area contributed by atoms with Crippen LogP contribution in [-0.2, 0) is 28.6 Å². The smallest absolute Gasteiger partial charge is 0.306 e. The lowest BCUT2D eigenvalue weighted by Gasteiger charge is -2.18. The zero-order valence-corrected chi connectivity index (χ0v) is 53.8. The molecule has 0 amide bonds. The number of unbranched alkanes of at least 4 members (excludes halogenated alkanes) is 39. The van der Waals surface area contributed by atoms with Crippen LogP contribution in [0.2, 0.25) is 0 Å². The normalized spacial score (nSPS) is 12.6. The first-order valence-electron chi connectivity index (χ1n) is 35.1. The number of rotatable bonds is 64. The number of allylic oxidation sites excluding steroid dienone is 14. The van der Waals surface area contributed by atoms with E-state index in [0.717, 1.165) is 103 Å². The molecule has 0 saturated heterocycles. The van der Waals surface area contributed by atoms with Crippen LogP contribution in [-0.4, -0.2) is 37.2 Å². The molecule has 0 rings (SSSR count). The third kappa shape index (κ3) is 67.3. The summed E-state index contributed by atoms with van der Waals surface area (Å²) in [5.41, 5.74) is 0. The van der Waals surface area contributed by atoms with Gasteiger partial charge in [-0.05, 0) is 96.3 Å². The molecule has 0 aromatic heterocycles. The van der Waals surface area contributed by atoms with Crippen LogP contribution in [0.15, 0.2) is 85.1 Å². The van der Waals surface area contributed by atoms with Crippen LogP contribution in [0.1, 0.15) is 355 Å². The van der Waals surface area contributed by atoms with E-state index < -0.39 is 6.10 Å². The molecule has 6 nitrogen and oxygen atoms in total. The largest absolute Gasteiger partial charge is 0.462 e. The van der Waals surface area contributed by atoms with Crippen LogP contribution in [0, 0.1) is 0 Å².